The lowest BCUT2D eigenvalue weighted by Gasteiger charge is -2.28. The minimum absolute atomic E-state index is 0.0620. The van der Waals surface area contributed by atoms with Crippen LogP contribution in [0.25, 0.3) is 11.2 Å². The predicted molar refractivity (Wildman–Crippen MR) is 193 cm³/mol. The van der Waals surface area contributed by atoms with Gasteiger partial charge < -0.3 is 28.9 Å². The second-order valence-corrected chi connectivity index (χ2v) is 15.7. The SMILES string of the molecule is C=C1[C@@H](O[P+](=O)O)[C@H](c2ccnc(C(C)=O)c2)O[C@@H]1COP(=S)(OCCC#N)O[C@H]1[C@@H](F)[C@H](n2cnc3c(NC(=O)c4ccccc4)ncnc32)O[C@@H]1CO. The van der Waals surface area contributed by atoms with E-state index in [0.717, 1.165) is 6.33 Å². The molecule has 2 saturated heterocycles. The molecule has 22 heteroatoms. The largest absolute Gasteiger partial charge is 0.695 e. The maximum absolute atomic E-state index is 16.5. The zero-order valence-corrected chi connectivity index (χ0v) is 31.4. The van der Waals surface area contributed by atoms with Gasteiger partial charge in [-0.2, -0.15) is 5.26 Å². The van der Waals surface area contributed by atoms with Crippen molar-refractivity contribution in [3.05, 3.63) is 90.3 Å². The highest BCUT2D eigenvalue weighted by Crippen LogP contribution is 2.55. The lowest BCUT2D eigenvalue weighted by molar-refractivity contribution is -0.0465. The first-order valence-electron chi connectivity index (χ1n) is 16.5. The molecule has 55 heavy (non-hydrogen) atoms. The normalized spacial score (nSPS) is 25.0. The number of hydrogen-bond donors (Lipinski definition) is 3. The number of nitrogens with zero attached hydrogens (tertiary/aromatic N) is 6. The number of aromatic nitrogens is 5. The van der Waals surface area contributed by atoms with Gasteiger partial charge in [-0.1, -0.05) is 24.8 Å². The number of anilines is 1. The molecule has 4 aromatic rings. The van der Waals surface area contributed by atoms with Gasteiger partial charge in [-0.25, -0.2) is 19.3 Å². The lowest BCUT2D eigenvalue weighted by Crippen LogP contribution is -2.34. The number of Topliss-reactive ketones (excluding diaryl/α,β-unsaturated/α-hetero) is 1. The highest BCUT2D eigenvalue weighted by atomic mass is 32.5. The number of rotatable bonds is 16. The predicted octanol–water partition coefficient (Wildman–Crippen LogP) is 4.19. The Hall–Kier alpha value is -4.35. The van der Waals surface area contributed by atoms with Gasteiger partial charge in [0, 0.05) is 23.2 Å². The maximum Gasteiger partial charge on any atom is 0.695 e. The zero-order valence-electron chi connectivity index (χ0n) is 28.8. The third-order valence-electron chi connectivity index (χ3n) is 8.49. The van der Waals surface area contributed by atoms with E-state index < -0.39 is 77.0 Å². The highest BCUT2D eigenvalue weighted by molar-refractivity contribution is 8.07. The third kappa shape index (κ3) is 9.04. The fourth-order valence-electron chi connectivity index (χ4n) is 5.85. The fraction of sp³-hybridized carbons (Fsp3) is 0.364. The quantitative estimate of drug-likeness (QED) is 0.0622. The summed E-state index contributed by atoms with van der Waals surface area (Å²) in [7, 11) is -3.12. The summed E-state index contributed by atoms with van der Waals surface area (Å²) in [5.41, 5.74) is 1.30. The van der Waals surface area contributed by atoms with E-state index in [-0.39, 0.29) is 47.1 Å². The molecule has 3 aromatic heterocycles. The number of hydrogen-bond acceptors (Lipinski definition) is 16. The molecule has 5 heterocycles. The minimum atomic E-state index is -4.00. The molecular formula is C33H33FN7O11P2S+. The van der Waals surface area contributed by atoms with Gasteiger partial charge in [-0.15, -0.1) is 9.42 Å². The van der Waals surface area contributed by atoms with Crippen LogP contribution in [-0.2, 0) is 43.9 Å². The van der Waals surface area contributed by atoms with E-state index in [0.29, 0.717) is 11.1 Å². The summed E-state index contributed by atoms with van der Waals surface area (Å²) in [6.45, 7) is -0.111. The molecular weight excluding hydrogens is 783 g/mol. The number of imidazole rings is 1. The summed E-state index contributed by atoms with van der Waals surface area (Å²) in [5, 5.41) is 22.1. The van der Waals surface area contributed by atoms with Crippen LogP contribution in [0.15, 0.2) is 73.5 Å². The molecule has 2 unspecified atom stereocenters. The molecule has 6 rings (SSSR count). The molecule has 2 aliphatic heterocycles. The van der Waals surface area contributed by atoms with Crippen molar-refractivity contribution in [3.8, 4) is 6.07 Å². The van der Waals surface area contributed by atoms with Gasteiger partial charge in [-0.3, -0.25) is 23.7 Å². The Kier molecular flexibility index (Phi) is 12.9. The Morgan fingerprint density at radius 3 is 2.67 bits per heavy atom. The molecule has 1 amide bonds. The number of nitrogens with one attached hydrogen (secondary N) is 1. The third-order valence-corrected chi connectivity index (χ3v) is 11.3. The number of aliphatic hydroxyl groups is 1. The topological polar surface area (TPSA) is 239 Å². The van der Waals surface area contributed by atoms with Crippen molar-refractivity contribution in [2.75, 3.05) is 25.1 Å². The van der Waals surface area contributed by atoms with Crippen LogP contribution in [0.3, 0.4) is 0 Å². The van der Waals surface area contributed by atoms with E-state index in [1.807, 2.05) is 6.07 Å². The molecule has 0 saturated carbocycles. The van der Waals surface area contributed by atoms with Crippen molar-refractivity contribution in [2.45, 2.75) is 56.3 Å². The van der Waals surface area contributed by atoms with Crippen molar-refractivity contribution in [1.82, 2.24) is 24.5 Å². The van der Waals surface area contributed by atoms with Crippen molar-refractivity contribution < 1.29 is 56.1 Å². The Bertz CT molecular complexity index is 2180. The van der Waals surface area contributed by atoms with Crippen LogP contribution in [0.5, 0.6) is 0 Å². The lowest BCUT2D eigenvalue weighted by atomic mass is 10.0. The number of nitriles is 1. The number of ether oxygens (including phenoxy) is 2. The second kappa shape index (κ2) is 17.6. The number of ketones is 1. The summed E-state index contributed by atoms with van der Waals surface area (Å²) >= 11 is 5.66. The summed E-state index contributed by atoms with van der Waals surface area (Å²) in [6.07, 6.45) is -5.95. The van der Waals surface area contributed by atoms with Gasteiger partial charge >= 0.3 is 15.0 Å². The van der Waals surface area contributed by atoms with E-state index >= 15 is 4.39 Å². The van der Waals surface area contributed by atoms with Crippen LogP contribution in [0, 0.1) is 11.3 Å². The Morgan fingerprint density at radius 1 is 1.18 bits per heavy atom. The fourth-order valence-corrected chi connectivity index (χ4v) is 8.37. The van der Waals surface area contributed by atoms with Crippen LogP contribution in [-0.4, -0.2) is 96.6 Å². The number of benzene rings is 1. The van der Waals surface area contributed by atoms with Crippen LogP contribution in [0.1, 0.15) is 52.1 Å². The van der Waals surface area contributed by atoms with Crippen LogP contribution >= 0.6 is 15.0 Å². The summed E-state index contributed by atoms with van der Waals surface area (Å²) in [6, 6.07) is 13.3. The molecule has 0 spiro atoms. The van der Waals surface area contributed by atoms with Crippen LogP contribution in [0.4, 0.5) is 10.2 Å². The van der Waals surface area contributed by atoms with Gasteiger partial charge in [0.15, 0.2) is 41.3 Å². The van der Waals surface area contributed by atoms with Gasteiger partial charge in [0.05, 0.1) is 38.6 Å². The first-order chi connectivity index (χ1) is 26.4. The molecule has 0 radical (unpaired) electrons. The van der Waals surface area contributed by atoms with E-state index in [9.17, 15) is 24.2 Å². The Morgan fingerprint density at radius 2 is 1.96 bits per heavy atom. The summed E-state index contributed by atoms with van der Waals surface area (Å²) < 4.78 is 64.4. The molecule has 3 N–H and O–H groups in total. The average Bonchev–Trinajstić information content (AvgIpc) is 3.84. The number of alkyl halides is 1. The van der Waals surface area contributed by atoms with E-state index in [2.05, 4.69) is 31.8 Å². The first kappa shape index (κ1) is 40.3. The zero-order chi connectivity index (χ0) is 39.3. The van der Waals surface area contributed by atoms with Gasteiger partial charge in [0.2, 0.25) is 0 Å². The summed E-state index contributed by atoms with van der Waals surface area (Å²) in [5.74, 6) is -0.722. The Balaban J connectivity index is 1.21. The smallest absolute Gasteiger partial charge is 0.394 e. The number of aliphatic hydroxyl groups excluding tert-OH is 1. The molecule has 1 aromatic carbocycles. The van der Waals surface area contributed by atoms with Gasteiger partial charge in [0.25, 0.3) is 5.91 Å². The van der Waals surface area contributed by atoms with Crippen molar-refractivity contribution in [3.63, 3.8) is 0 Å². The van der Waals surface area contributed by atoms with Crippen molar-refractivity contribution in [2.24, 2.45) is 0 Å². The molecule has 288 valence electrons. The average molecular weight is 817 g/mol. The number of halogens is 1. The maximum atomic E-state index is 16.5. The molecule has 2 aliphatic rings. The summed E-state index contributed by atoms with van der Waals surface area (Å²) in [4.78, 5) is 51.0. The number of amides is 1. The molecule has 18 nitrogen and oxygen atoms in total. The van der Waals surface area contributed by atoms with E-state index in [4.69, 9.17) is 44.6 Å². The van der Waals surface area contributed by atoms with Gasteiger partial charge in [0.1, 0.15) is 36.4 Å². The standard InChI is InChI=1S/C33H32FN7O11P2S/c1-18-24(49-28(27(18)51-53(45)46)21-9-11-36-22(13-21)19(2)43)15-48-54(55,47-12-6-10-35)52-29-23(14-42)50-33(25(29)34)41-17-39-26-30(37-16-38-31(26)41)40-32(44)20-7-4-3-5-8-20/h3-5,7-9,11,13,16-17,23-25,27-29,33,42H,1,6,12,14-15H2,2H3,(H-,37,38,40,44,45,46)/p+1/t23-,24-,25-,27-,28+,29-,33-,54?/m1/s1. The molecule has 0 bridgehead atoms. The Labute approximate surface area is 318 Å². The van der Waals surface area contributed by atoms with E-state index in [1.54, 1.807) is 30.3 Å². The molecule has 0 aliphatic carbocycles. The second-order valence-electron chi connectivity index (χ2n) is 12.0. The number of carbonyl (C=O) groups is 2. The molecule has 9 atom stereocenters. The van der Waals surface area contributed by atoms with Gasteiger partial charge in [-0.05, 0) is 47.2 Å². The molecule has 2 fully saturated rings. The van der Waals surface area contributed by atoms with E-state index in [1.165, 1.54) is 36.1 Å². The highest BCUT2D eigenvalue weighted by Gasteiger charge is 2.51. The number of pyridine rings is 1. The first-order valence-corrected chi connectivity index (χ1v) is 20.1. The number of carbonyl (C=O) groups excluding carboxylic acids is 2. The van der Waals surface area contributed by atoms with Crippen LogP contribution < -0.4 is 5.32 Å². The van der Waals surface area contributed by atoms with Crippen molar-refractivity contribution >= 4 is 55.5 Å². The van der Waals surface area contributed by atoms with Crippen molar-refractivity contribution in [1.29, 1.82) is 5.26 Å². The minimum Gasteiger partial charge on any atom is -0.394 e. The number of fused-ring (bicyclic) bond motifs is 1. The van der Waals surface area contributed by atoms with Crippen LogP contribution in [0.2, 0.25) is 0 Å². The monoisotopic (exact) mass is 816 g/mol.